The Labute approximate surface area is 81.8 Å². The number of hydrogen-bond acceptors (Lipinski definition) is 4. The van der Waals surface area contributed by atoms with E-state index in [0.29, 0.717) is 0 Å². The first kappa shape index (κ1) is 22.6. The Bertz CT molecular complexity index is 31.5. The Morgan fingerprint density at radius 3 is 0.875 bits per heavy atom. The fourth-order valence-corrected chi connectivity index (χ4v) is 0. The second-order valence-electron chi connectivity index (χ2n) is 0.600. The van der Waals surface area contributed by atoms with Crippen molar-refractivity contribution in [1.82, 2.24) is 0 Å². The molecule has 8 heavy (non-hydrogen) atoms. The zero-order chi connectivity index (χ0) is 4.50. The minimum Gasteiger partial charge on any atom is -0.368 e. The van der Waals surface area contributed by atoms with E-state index < -0.39 is 9.05 Å². The molecule has 0 aliphatic heterocycles. The van der Waals surface area contributed by atoms with Gasteiger partial charge < -0.3 is 19.2 Å². The van der Waals surface area contributed by atoms with Gasteiger partial charge in [0.1, 0.15) is 0 Å². The van der Waals surface area contributed by atoms with E-state index >= 15 is 0 Å². The summed E-state index contributed by atoms with van der Waals surface area (Å²) in [7, 11) is -4.61. The van der Waals surface area contributed by atoms with Crippen LogP contribution in [0.25, 0.3) is 0 Å². The van der Waals surface area contributed by atoms with E-state index in [4.69, 9.17) is 19.2 Å². The van der Waals surface area contributed by atoms with E-state index in [9.17, 15) is 0 Å². The molecule has 0 aromatic heterocycles. The predicted molar refractivity (Wildman–Crippen MR) is 14.6 cm³/mol. The molecule has 0 aliphatic carbocycles. The number of rotatable bonds is 0. The molecule has 8 heteroatoms. The minimum atomic E-state index is -4.61. The molecule has 0 aliphatic rings. The molecular weight excluding hydrogens is 265 g/mol. The molecule has 0 spiro atoms. The molecule has 0 radical (unpaired) electrons. The van der Waals surface area contributed by atoms with Crippen molar-refractivity contribution in [2.75, 3.05) is 0 Å². The third-order valence-electron chi connectivity index (χ3n) is 0. The first-order valence-electron chi connectivity index (χ1n) is 0.894. The van der Waals surface area contributed by atoms with Crippen LogP contribution in [0, 0.1) is 0 Å². The molecule has 0 atom stereocenters. The van der Waals surface area contributed by atoms with Crippen LogP contribution in [-0.4, -0.2) is 28.2 Å². The monoisotopic (exact) mass is 268 g/mol. The molecular formula is H4CrFeO4SiZn. The molecule has 4 nitrogen and oxygen atoms in total. The second kappa shape index (κ2) is 8.73. The first-order valence-corrected chi connectivity index (χ1v) is 2.68. The third kappa shape index (κ3) is 117. The zero-order valence-corrected chi connectivity index (χ0v) is 10.1. The molecule has 0 rings (SSSR count). The van der Waals surface area contributed by atoms with Crippen LogP contribution in [-0.2, 0) is 53.9 Å². The van der Waals surface area contributed by atoms with Gasteiger partial charge in [-0.2, -0.15) is 0 Å². The summed E-state index contributed by atoms with van der Waals surface area (Å²) < 4.78 is 0. The maximum Gasteiger partial charge on any atom is 0.668 e. The summed E-state index contributed by atoms with van der Waals surface area (Å²) in [5.74, 6) is 0. The van der Waals surface area contributed by atoms with Crippen LogP contribution >= 0.6 is 0 Å². The summed E-state index contributed by atoms with van der Waals surface area (Å²) in [6.45, 7) is 0. The van der Waals surface area contributed by atoms with Crippen molar-refractivity contribution in [2.45, 2.75) is 0 Å². The van der Waals surface area contributed by atoms with Gasteiger partial charge in [0.25, 0.3) is 0 Å². The van der Waals surface area contributed by atoms with Crippen molar-refractivity contribution in [2.24, 2.45) is 0 Å². The van der Waals surface area contributed by atoms with Crippen LogP contribution in [0.1, 0.15) is 0 Å². The van der Waals surface area contributed by atoms with E-state index in [0.717, 1.165) is 0 Å². The van der Waals surface area contributed by atoms with Crippen LogP contribution in [0.5, 0.6) is 0 Å². The van der Waals surface area contributed by atoms with Gasteiger partial charge in [-0.05, 0) is 0 Å². The number of hydrogen-bond donors (Lipinski definition) is 4. The zero-order valence-electron chi connectivity index (χ0n) is 3.76. The van der Waals surface area contributed by atoms with E-state index in [1.807, 2.05) is 0 Å². The molecule has 0 fully saturated rings. The van der Waals surface area contributed by atoms with Crippen LogP contribution in [0.15, 0.2) is 0 Å². The molecule has 0 heterocycles. The third-order valence-corrected chi connectivity index (χ3v) is 0. The molecule has 0 saturated heterocycles. The van der Waals surface area contributed by atoms with Crippen molar-refractivity contribution in [1.29, 1.82) is 0 Å². The molecule has 0 unspecified atom stereocenters. The van der Waals surface area contributed by atoms with Gasteiger partial charge in [-0.1, -0.05) is 0 Å². The average molecular weight is 269 g/mol. The van der Waals surface area contributed by atoms with Crippen molar-refractivity contribution < 1.29 is 73.1 Å². The molecule has 0 saturated carbocycles. The van der Waals surface area contributed by atoms with E-state index in [1.165, 1.54) is 0 Å². The van der Waals surface area contributed by atoms with Crippen molar-refractivity contribution in [3.8, 4) is 0 Å². The fourth-order valence-electron chi connectivity index (χ4n) is 0. The maximum absolute atomic E-state index is 7.33. The predicted octanol–water partition coefficient (Wildman–Crippen LogP) is -2.62. The van der Waals surface area contributed by atoms with E-state index in [-0.39, 0.29) is 53.9 Å². The summed E-state index contributed by atoms with van der Waals surface area (Å²) in [6, 6.07) is 0. The van der Waals surface area contributed by atoms with Gasteiger partial charge in [-0.25, -0.2) is 0 Å². The van der Waals surface area contributed by atoms with Gasteiger partial charge in [-0.15, -0.1) is 0 Å². The van der Waals surface area contributed by atoms with Crippen molar-refractivity contribution >= 4 is 9.05 Å². The normalized spacial score (nSPS) is 7.50. The second-order valence-corrected chi connectivity index (χ2v) is 1.80. The first-order chi connectivity index (χ1) is 2.00. The summed E-state index contributed by atoms with van der Waals surface area (Å²) in [6.07, 6.45) is 0. The van der Waals surface area contributed by atoms with Crippen LogP contribution in [0.2, 0.25) is 0 Å². The SMILES string of the molecule is O[Si](O)(O)O.[Cr].[Fe].[Zn]. The minimum absolute atomic E-state index is 0. The quantitative estimate of drug-likeness (QED) is 0.363. The van der Waals surface area contributed by atoms with Gasteiger partial charge in [0.15, 0.2) is 0 Å². The standard InChI is InChI=1S/Cr.Fe.H4O4Si.Zn/c;;1-5(2,3)4;/h;;1-4H;. The molecule has 0 amide bonds. The summed E-state index contributed by atoms with van der Waals surface area (Å²) in [5, 5.41) is 0. The molecule has 0 aromatic carbocycles. The molecule has 0 aromatic rings. The van der Waals surface area contributed by atoms with Crippen molar-refractivity contribution in [3.05, 3.63) is 0 Å². The van der Waals surface area contributed by atoms with Gasteiger partial charge >= 0.3 is 9.05 Å². The van der Waals surface area contributed by atoms with Crippen LogP contribution in [0.3, 0.4) is 0 Å². The summed E-state index contributed by atoms with van der Waals surface area (Å²) in [5.41, 5.74) is 0. The van der Waals surface area contributed by atoms with Crippen molar-refractivity contribution in [3.63, 3.8) is 0 Å². The van der Waals surface area contributed by atoms with Crippen LogP contribution < -0.4 is 0 Å². The Morgan fingerprint density at radius 1 is 0.875 bits per heavy atom. The van der Waals surface area contributed by atoms with Gasteiger partial charge in [-0.3, -0.25) is 0 Å². The molecule has 0 bridgehead atoms. The summed E-state index contributed by atoms with van der Waals surface area (Å²) >= 11 is 0. The maximum atomic E-state index is 7.33. The fraction of sp³-hybridized carbons (Fsp3) is 0. The van der Waals surface area contributed by atoms with Gasteiger partial charge in [0.2, 0.25) is 0 Å². The average Bonchev–Trinajstić information content (AvgIpc) is 0.722. The summed E-state index contributed by atoms with van der Waals surface area (Å²) in [4.78, 5) is 29.3. The van der Waals surface area contributed by atoms with E-state index in [1.54, 1.807) is 0 Å². The molecule has 48 valence electrons. The Hall–Kier alpha value is 1.73. The Kier molecular flexibility index (Phi) is 24.7. The van der Waals surface area contributed by atoms with Gasteiger partial charge in [0.05, 0.1) is 0 Å². The smallest absolute Gasteiger partial charge is 0.368 e. The topological polar surface area (TPSA) is 80.9 Å². The van der Waals surface area contributed by atoms with E-state index in [2.05, 4.69) is 0 Å². The van der Waals surface area contributed by atoms with Gasteiger partial charge in [0, 0.05) is 53.9 Å². The largest absolute Gasteiger partial charge is 0.668 e. The Morgan fingerprint density at radius 2 is 0.875 bits per heavy atom. The van der Waals surface area contributed by atoms with Crippen LogP contribution in [0.4, 0.5) is 0 Å². The Balaban J connectivity index is -0.0000000267. The molecule has 4 N–H and O–H groups in total.